The van der Waals surface area contributed by atoms with Crippen LogP contribution in [0.1, 0.15) is 52.1 Å². The Hall–Kier alpha value is -5.65. The van der Waals surface area contributed by atoms with Crippen LogP contribution in [0.5, 0.6) is 5.75 Å². The van der Waals surface area contributed by atoms with Crippen molar-refractivity contribution in [2.45, 2.75) is 32.6 Å². The van der Waals surface area contributed by atoms with Crippen molar-refractivity contribution in [2.24, 2.45) is 0 Å². The number of carbonyl (C=O) groups excluding carboxylic acids is 2. The lowest BCUT2D eigenvalue weighted by atomic mass is 9.88. The van der Waals surface area contributed by atoms with Crippen molar-refractivity contribution < 1.29 is 24.2 Å². The summed E-state index contributed by atoms with van der Waals surface area (Å²) in [5.41, 5.74) is 5.61. The molecule has 0 aliphatic carbocycles. The molecule has 2 N–H and O–H groups in total. The Balaban J connectivity index is 1.27. The number of H-pyrrole nitrogens is 1. The van der Waals surface area contributed by atoms with Crippen molar-refractivity contribution in [3.8, 4) is 11.6 Å². The number of ketones is 1. The lowest BCUT2D eigenvalue weighted by molar-refractivity contribution is -0.137. The van der Waals surface area contributed by atoms with Crippen molar-refractivity contribution >= 4 is 34.1 Å². The Morgan fingerprint density at radius 2 is 1.80 bits per heavy atom. The minimum absolute atomic E-state index is 0.0216. The van der Waals surface area contributed by atoms with E-state index < -0.39 is 17.7 Å². The molecule has 12 heteroatoms. The van der Waals surface area contributed by atoms with Gasteiger partial charge in [0.1, 0.15) is 17.9 Å². The summed E-state index contributed by atoms with van der Waals surface area (Å²) in [4.78, 5) is 56.1. The minimum Gasteiger partial charge on any atom is -0.494 e. The number of aromatic nitrogens is 6. The van der Waals surface area contributed by atoms with E-state index in [1.807, 2.05) is 36.4 Å². The lowest BCUT2D eigenvalue weighted by Gasteiger charge is -2.30. The summed E-state index contributed by atoms with van der Waals surface area (Å²) in [6, 6.07) is 11.9. The van der Waals surface area contributed by atoms with E-state index in [1.54, 1.807) is 24.2 Å². The van der Waals surface area contributed by atoms with Crippen LogP contribution in [-0.4, -0.2) is 77.6 Å². The number of carboxylic acid groups (broad SMARTS) is 1. The molecule has 0 atom stereocenters. The first-order valence-corrected chi connectivity index (χ1v) is 14.5. The summed E-state index contributed by atoms with van der Waals surface area (Å²) < 4.78 is 7.02. The van der Waals surface area contributed by atoms with Crippen LogP contribution >= 0.6 is 0 Å². The number of nitrogens with zero attached hydrogens (tertiary/aromatic N) is 6. The molecule has 0 saturated carbocycles. The standard InChI is InChI=1S/C33H31N7O5/c1-20-37-19-40(38-20)32-30-29(26(45-2)18-36-32)25(17-35-30)31(43)33(44)39-12-10-23(11-13-39)28(22-6-4-3-5-7-22)24-14-21(15-34-16-24)8-9-27(41)42/h3-7,14-19,35H,8-13H2,1-2H3,(H,41,42). The molecule has 1 aliphatic rings. The Bertz CT molecular complexity index is 1930. The van der Waals surface area contributed by atoms with E-state index >= 15 is 0 Å². The topological polar surface area (TPSA) is 156 Å². The van der Waals surface area contributed by atoms with Gasteiger partial charge in [-0.05, 0) is 49.0 Å². The molecule has 1 aromatic carbocycles. The summed E-state index contributed by atoms with van der Waals surface area (Å²) in [7, 11) is 1.49. The summed E-state index contributed by atoms with van der Waals surface area (Å²) in [5, 5.41) is 13.9. The number of fused-ring (bicyclic) bond motifs is 1. The van der Waals surface area contributed by atoms with Crippen molar-refractivity contribution in [3.63, 3.8) is 0 Å². The molecule has 0 bridgehead atoms. The normalized spacial score (nSPS) is 13.2. The second kappa shape index (κ2) is 12.5. The molecule has 0 unspecified atom stereocenters. The molecule has 1 fully saturated rings. The van der Waals surface area contributed by atoms with E-state index in [0.29, 0.717) is 60.6 Å². The van der Waals surface area contributed by atoms with Gasteiger partial charge in [-0.3, -0.25) is 19.4 Å². The molecule has 1 saturated heterocycles. The van der Waals surface area contributed by atoms with Crippen molar-refractivity contribution in [1.82, 2.24) is 34.6 Å². The highest BCUT2D eigenvalue weighted by molar-refractivity contribution is 6.45. The van der Waals surface area contributed by atoms with Gasteiger partial charge in [0.2, 0.25) is 0 Å². The third kappa shape index (κ3) is 5.94. The van der Waals surface area contributed by atoms with Crippen LogP contribution in [0.15, 0.2) is 73.1 Å². The number of piperidine rings is 1. The van der Waals surface area contributed by atoms with Crippen molar-refractivity contribution in [1.29, 1.82) is 0 Å². The summed E-state index contributed by atoms with van der Waals surface area (Å²) in [5.74, 6) is -0.737. The van der Waals surface area contributed by atoms with Gasteiger partial charge in [0, 0.05) is 43.7 Å². The average Bonchev–Trinajstić information content (AvgIpc) is 3.71. The number of amides is 1. The third-order valence-corrected chi connectivity index (χ3v) is 7.92. The molecule has 0 spiro atoms. The number of likely N-dealkylation sites (tertiary alicyclic amines) is 1. The fourth-order valence-corrected chi connectivity index (χ4v) is 5.74. The van der Waals surface area contributed by atoms with Crippen LogP contribution in [0.25, 0.3) is 22.3 Å². The number of hydrogen-bond acceptors (Lipinski definition) is 8. The van der Waals surface area contributed by atoms with Gasteiger partial charge in [0.15, 0.2) is 5.82 Å². The predicted octanol–water partition coefficient (Wildman–Crippen LogP) is 4.18. The second-order valence-electron chi connectivity index (χ2n) is 10.8. The van der Waals surface area contributed by atoms with E-state index in [1.165, 1.54) is 30.5 Å². The maximum absolute atomic E-state index is 13.7. The first kappa shape index (κ1) is 29.4. The maximum atomic E-state index is 13.7. The van der Waals surface area contributed by atoms with Gasteiger partial charge in [-0.2, -0.15) is 5.10 Å². The number of carbonyl (C=O) groups is 3. The van der Waals surface area contributed by atoms with Gasteiger partial charge in [0.05, 0.1) is 29.8 Å². The van der Waals surface area contributed by atoms with Crippen molar-refractivity contribution in [3.05, 3.63) is 101 Å². The van der Waals surface area contributed by atoms with E-state index in [0.717, 1.165) is 27.8 Å². The number of aliphatic carboxylic acids is 1. The number of hydrogen-bond donors (Lipinski definition) is 2. The Morgan fingerprint density at radius 3 is 2.49 bits per heavy atom. The monoisotopic (exact) mass is 605 g/mol. The molecule has 45 heavy (non-hydrogen) atoms. The first-order chi connectivity index (χ1) is 21.8. The van der Waals surface area contributed by atoms with Gasteiger partial charge in [-0.25, -0.2) is 14.6 Å². The maximum Gasteiger partial charge on any atom is 0.303 e. The molecule has 0 radical (unpaired) electrons. The Morgan fingerprint density at radius 1 is 1.02 bits per heavy atom. The molecule has 4 aromatic heterocycles. The highest BCUT2D eigenvalue weighted by Gasteiger charge is 2.30. The number of aryl methyl sites for hydroxylation is 2. The molecule has 6 rings (SSSR count). The molecular formula is C33H31N7O5. The number of ether oxygens (including phenoxy) is 1. The number of carboxylic acids is 1. The number of pyridine rings is 2. The molecule has 5 aromatic rings. The van der Waals surface area contributed by atoms with Gasteiger partial charge < -0.3 is 19.7 Å². The van der Waals surface area contributed by atoms with E-state index in [9.17, 15) is 14.4 Å². The second-order valence-corrected chi connectivity index (χ2v) is 10.8. The van der Waals surface area contributed by atoms with E-state index in [4.69, 9.17) is 9.84 Å². The first-order valence-electron chi connectivity index (χ1n) is 14.5. The molecule has 1 aliphatic heterocycles. The van der Waals surface area contributed by atoms with Crippen LogP contribution < -0.4 is 4.74 Å². The molecule has 12 nitrogen and oxygen atoms in total. The van der Waals surface area contributed by atoms with Gasteiger partial charge in [-0.1, -0.05) is 35.9 Å². The highest BCUT2D eigenvalue weighted by atomic mass is 16.5. The number of rotatable bonds is 9. The van der Waals surface area contributed by atoms with Crippen LogP contribution in [0.2, 0.25) is 0 Å². The quantitative estimate of drug-likeness (QED) is 0.186. The number of nitrogens with one attached hydrogen (secondary N) is 1. The zero-order chi connectivity index (χ0) is 31.5. The molecule has 228 valence electrons. The Kier molecular flexibility index (Phi) is 8.19. The Labute approximate surface area is 258 Å². The van der Waals surface area contributed by atoms with Crippen LogP contribution in [0.4, 0.5) is 0 Å². The van der Waals surface area contributed by atoms with Crippen LogP contribution in [-0.2, 0) is 16.0 Å². The average molecular weight is 606 g/mol. The van der Waals surface area contributed by atoms with Gasteiger partial charge in [-0.15, -0.1) is 0 Å². The van der Waals surface area contributed by atoms with Crippen molar-refractivity contribution in [2.75, 3.05) is 20.2 Å². The van der Waals surface area contributed by atoms with E-state index in [-0.39, 0.29) is 12.0 Å². The zero-order valence-corrected chi connectivity index (χ0v) is 24.9. The summed E-state index contributed by atoms with van der Waals surface area (Å²) in [6.07, 6.45) is 9.56. The number of Topliss-reactive ketones (excluding diaryl/α,β-unsaturated/α-hetero) is 1. The highest BCUT2D eigenvalue weighted by Crippen LogP contribution is 2.34. The predicted molar refractivity (Wildman–Crippen MR) is 165 cm³/mol. The van der Waals surface area contributed by atoms with E-state index in [2.05, 4.69) is 25.0 Å². The number of methoxy groups -OCH3 is 1. The molecule has 5 heterocycles. The molecular weight excluding hydrogens is 574 g/mol. The van der Waals surface area contributed by atoms with Gasteiger partial charge >= 0.3 is 5.97 Å². The van der Waals surface area contributed by atoms with Crippen LogP contribution in [0.3, 0.4) is 0 Å². The SMILES string of the molecule is COc1cnc(-n2cnc(C)n2)c2[nH]cc(C(=O)C(=O)N3CCC(=C(c4ccccc4)c4cncc(CCC(=O)O)c4)CC3)c12. The smallest absolute Gasteiger partial charge is 0.303 e. The summed E-state index contributed by atoms with van der Waals surface area (Å²) in [6.45, 7) is 2.50. The zero-order valence-electron chi connectivity index (χ0n) is 24.9. The number of aromatic amines is 1. The lowest BCUT2D eigenvalue weighted by Crippen LogP contribution is -2.40. The fourth-order valence-electron chi connectivity index (χ4n) is 5.74. The molecule has 1 amide bonds. The summed E-state index contributed by atoms with van der Waals surface area (Å²) >= 11 is 0. The van der Waals surface area contributed by atoms with Crippen LogP contribution in [0, 0.1) is 6.92 Å². The minimum atomic E-state index is -0.859. The van der Waals surface area contributed by atoms with Gasteiger partial charge in [0.25, 0.3) is 11.7 Å². The number of benzene rings is 1. The third-order valence-electron chi connectivity index (χ3n) is 7.92. The fraction of sp³-hybridized carbons (Fsp3) is 0.242. The largest absolute Gasteiger partial charge is 0.494 e.